The molecule has 0 atom stereocenters. The number of carbonyl (C=O) groups is 1. The van der Waals surface area contributed by atoms with Crippen molar-refractivity contribution in [3.8, 4) is 16.3 Å². The number of benzene rings is 2. The van der Waals surface area contributed by atoms with Gasteiger partial charge in [-0.2, -0.15) is 9.61 Å². The number of aromatic nitrogens is 4. The molecule has 2 heterocycles. The lowest BCUT2D eigenvalue weighted by molar-refractivity contribution is -0.385. The van der Waals surface area contributed by atoms with Crippen LogP contribution in [0.5, 0.6) is 5.75 Å². The number of nitrogens with one attached hydrogen (secondary N) is 2. The number of hydrogen-bond acceptors (Lipinski definition) is 9. The predicted molar refractivity (Wildman–Crippen MR) is 122 cm³/mol. The third kappa shape index (κ3) is 4.10. The highest BCUT2D eigenvalue weighted by molar-refractivity contribution is 7.80. The number of nitrogens with zero attached hydrogens (tertiary/aromatic N) is 5. The van der Waals surface area contributed by atoms with Crippen molar-refractivity contribution in [2.75, 3.05) is 12.4 Å². The fourth-order valence-electron chi connectivity index (χ4n) is 2.90. The molecule has 4 aromatic rings. The van der Waals surface area contributed by atoms with E-state index in [1.54, 1.807) is 10.6 Å². The van der Waals surface area contributed by atoms with Gasteiger partial charge in [0.2, 0.25) is 4.96 Å². The normalized spacial score (nSPS) is 10.7. The first-order valence-corrected chi connectivity index (χ1v) is 10.3. The number of methoxy groups -OCH3 is 1. The Morgan fingerprint density at radius 1 is 1.25 bits per heavy atom. The molecule has 0 unspecified atom stereocenters. The molecule has 0 spiro atoms. The smallest absolute Gasteiger partial charge is 0.311 e. The average Bonchev–Trinajstić information content (AvgIpc) is 3.35. The summed E-state index contributed by atoms with van der Waals surface area (Å²) in [6, 6.07) is 11.2. The van der Waals surface area contributed by atoms with Gasteiger partial charge in [0.1, 0.15) is 5.01 Å². The zero-order chi connectivity index (χ0) is 22.8. The summed E-state index contributed by atoms with van der Waals surface area (Å²) in [5, 5.41) is 30.0. The largest absolute Gasteiger partial charge is 0.490 e. The lowest BCUT2D eigenvalue weighted by atomic mass is 10.1. The van der Waals surface area contributed by atoms with Crippen LogP contribution in [-0.2, 0) is 0 Å². The molecule has 0 aliphatic carbocycles. The molecule has 2 aromatic carbocycles. The van der Waals surface area contributed by atoms with Crippen molar-refractivity contribution in [1.29, 1.82) is 0 Å². The molecular formula is C19H15N7O4S2. The molecule has 13 heteroatoms. The van der Waals surface area contributed by atoms with Gasteiger partial charge in [0.05, 0.1) is 17.7 Å². The average molecular weight is 470 g/mol. The minimum Gasteiger partial charge on any atom is -0.490 e. The molecule has 32 heavy (non-hydrogen) atoms. The monoisotopic (exact) mass is 469 g/mol. The maximum absolute atomic E-state index is 12.6. The standard InChI is InChI=1S/C19H15N7O4S2/c1-10-22-23-19-25(10)24-17(32-19)12-5-3-4-6-13(12)20-18(31)21-16(27)11-7-8-15(30-2)14(9-11)26(28)29/h3-9H,1-2H3,(H2,20,21,27,31). The van der Waals surface area contributed by atoms with Crippen LogP contribution in [0.25, 0.3) is 15.5 Å². The summed E-state index contributed by atoms with van der Waals surface area (Å²) in [7, 11) is 1.32. The second-order valence-electron chi connectivity index (χ2n) is 6.45. The lowest BCUT2D eigenvalue weighted by Gasteiger charge is -2.12. The third-order valence-corrected chi connectivity index (χ3v) is 5.55. The van der Waals surface area contributed by atoms with Gasteiger partial charge in [-0.25, -0.2) is 0 Å². The zero-order valence-electron chi connectivity index (χ0n) is 16.7. The van der Waals surface area contributed by atoms with Crippen LogP contribution in [0.2, 0.25) is 0 Å². The van der Waals surface area contributed by atoms with E-state index < -0.39 is 10.8 Å². The molecule has 0 bridgehead atoms. The number of nitro groups is 1. The van der Waals surface area contributed by atoms with Gasteiger partial charge in [0, 0.05) is 17.2 Å². The van der Waals surface area contributed by atoms with Gasteiger partial charge < -0.3 is 10.1 Å². The molecule has 0 aliphatic rings. The second-order valence-corrected chi connectivity index (χ2v) is 7.81. The van der Waals surface area contributed by atoms with E-state index in [2.05, 4.69) is 25.9 Å². The Balaban J connectivity index is 1.53. The first kappa shape index (κ1) is 21.3. The number of ether oxygens (including phenoxy) is 1. The van der Waals surface area contributed by atoms with E-state index in [0.29, 0.717) is 21.5 Å². The van der Waals surface area contributed by atoms with E-state index in [1.165, 1.54) is 30.6 Å². The Morgan fingerprint density at radius 2 is 2.03 bits per heavy atom. The van der Waals surface area contributed by atoms with E-state index in [-0.39, 0.29) is 22.1 Å². The molecule has 0 aliphatic heterocycles. The first-order valence-electron chi connectivity index (χ1n) is 9.10. The molecule has 0 radical (unpaired) electrons. The van der Waals surface area contributed by atoms with Gasteiger partial charge in [-0.1, -0.05) is 23.5 Å². The summed E-state index contributed by atoms with van der Waals surface area (Å²) < 4.78 is 6.60. The van der Waals surface area contributed by atoms with Crippen LogP contribution in [0.1, 0.15) is 16.2 Å². The minimum atomic E-state index is -0.620. The highest BCUT2D eigenvalue weighted by Crippen LogP contribution is 2.31. The van der Waals surface area contributed by atoms with Crippen molar-refractivity contribution in [3.63, 3.8) is 0 Å². The number of carbonyl (C=O) groups excluding carboxylic acids is 1. The Hall–Kier alpha value is -3.97. The van der Waals surface area contributed by atoms with Gasteiger partial charge in [-0.15, -0.1) is 10.2 Å². The third-order valence-electron chi connectivity index (χ3n) is 4.42. The van der Waals surface area contributed by atoms with Gasteiger partial charge in [0.15, 0.2) is 16.7 Å². The summed E-state index contributed by atoms with van der Waals surface area (Å²) in [6.07, 6.45) is 0. The van der Waals surface area contributed by atoms with Crippen molar-refractivity contribution in [2.45, 2.75) is 6.92 Å². The van der Waals surface area contributed by atoms with E-state index in [0.717, 1.165) is 11.6 Å². The van der Waals surface area contributed by atoms with Gasteiger partial charge >= 0.3 is 5.69 Å². The summed E-state index contributed by atoms with van der Waals surface area (Å²) in [6.45, 7) is 1.81. The summed E-state index contributed by atoms with van der Waals surface area (Å²) in [5.74, 6) is 0.130. The van der Waals surface area contributed by atoms with Crippen LogP contribution in [0.3, 0.4) is 0 Å². The number of fused-ring (bicyclic) bond motifs is 1. The molecule has 2 aromatic heterocycles. The van der Waals surface area contributed by atoms with Crippen molar-refractivity contribution in [2.24, 2.45) is 0 Å². The molecule has 0 saturated heterocycles. The van der Waals surface area contributed by atoms with E-state index in [9.17, 15) is 14.9 Å². The van der Waals surface area contributed by atoms with Crippen LogP contribution in [0.4, 0.5) is 11.4 Å². The van der Waals surface area contributed by atoms with Crippen molar-refractivity contribution in [1.82, 2.24) is 25.1 Å². The lowest BCUT2D eigenvalue weighted by Crippen LogP contribution is -2.34. The topological polar surface area (TPSA) is 137 Å². The summed E-state index contributed by atoms with van der Waals surface area (Å²) >= 11 is 6.64. The number of nitro benzene ring substituents is 1. The highest BCUT2D eigenvalue weighted by atomic mass is 32.1. The molecule has 11 nitrogen and oxygen atoms in total. The zero-order valence-corrected chi connectivity index (χ0v) is 18.4. The van der Waals surface area contributed by atoms with Gasteiger partial charge in [-0.05, 0) is 43.4 Å². The summed E-state index contributed by atoms with van der Waals surface area (Å²) in [5.41, 5.74) is 1.14. The summed E-state index contributed by atoms with van der Waals surface area (Å²) in [4.78, 5) is 23.8. The Morgan fingerprint density at radius 3 is 2.75 bits per heavy atom. The predicted octanol–water partition coefficient (Wildman–Crippen LogP) is 3.20. The number of aryl methyl sites for hydroxylation is 1. The number of anilines is 1. The highest BCUT2D eigenvalue weighted by Gasteiger charge is 2.19. The van der Waals surface area contributed by atoms with Gasteiger partial charge in [-0.3, -0.25) is 20.2 Å². The van der Waals surface area contributed by atoms with E-state index >= 15 is 0 Å². The van der Waals surface area contributed by atoms with Gasteiger partial charge in [0.25, 0.3) is 5.91 Å². The number of thiocarbonyl (C=S) groups is 1. The van der Waals surface area contributed by atoms with Crippen LogP contribution in [-0.4, -0.2) is 42.9 Å². The first-order chi connectivity index (χ1) is 15.4. The molecule has 4 rings (SSSR count). The molecule has 0 saturated carbocycles. The maximum Gasteiger partial charge on any atom is 0.311 e. The van der Waals surface area contributed by atoms with Crippen LogP contribution in [0.15, 0.2) is 42.5 Å². The van der Waals surface area contributed by atoms with E-state index in [1.807, 2.05) is 25.1 Å². The van der Waals surface area contributed by atoms with E-state index in [4.69, 9.17) is 17.0 Å². The van der Waals surface area contributed by atoms with Crippen LogP contribution >= 0.6 is 23.6 Å². The van der Waals surface area contributed by atoms with Crippen LogP contribution < -0.4 is 15.4 Å². The number of para-hydroxylation sites is 1. The Labute approximate surface area is 190 Å². The van der Waals surface area contributed by atoms with Crippen molar-refractivity contribution in [3.05, 3.63) is 64.0 Å². The minimum absolute atomic E-state index is 0.0279. The van der Waals surface area contributed by atoms with Crippen molar-refractivity contribution < 1.29 is 14.5 Å². The van der Waals surface area contributed by atoms with Crippen LogP contribution in [0, 0.1) is 17.0 Å². The molecule has 2 N–H and O–H groups in total. The number of amides is 1. The molecule has 162 valence electrons. The van der Waals surface area contributed by atoms with Crippen molar-refractivity contribution >= 4 is 50.9 Å². The Kier molecular flexibility index (Phi) is 5.75. The number of hydrogen-bond donors (Lipinski definition) is 2. The maximum atomic E-state index is 12.6. The number of rotatable bonds is 5. The second kappa shape index (κ2) is 8.64. The molecule has 1 amide bonds. The fraction of sp³-hybridized carbons (Fsp3) is 0.105. The molecule has 0 fully saturated rings. The quantitative estimate of drug-likeness (QED) is 0.256. The SMILES string of the molecule is COc1ccc(C(=O)NC(=S)Nc2ccccc2-c2nn3c(C)nnc3s2)cc1[N+](=O)[O-]. The Bertz CT molecular complexity index is 1360. The fourth-order valence-corrected chi connectivity index (χ4v) is 4.03. The molecular weight excluding hydrogens is 454 g/mol.